The first-order valence-electron chi connectivity index (χ1n) is 7.58. The smallest absolute Gasteiger partial charge is 0.323 e. The van der Waals surface area contributed by atoms with Crippen molar-refractivity contribution in [3.05, 3.63) is 35.4 Å². The van der Waals surface area contributed by atoms with Gasteiger partial charge < -0.3 is 5.11 Å². The second-order valence-corrected chi connectivity index (χ2v) is 6.00. The molecule has 2 atom stereocenters. The van der Waals surface area contributed by atoms with Crippen LogP contribution < -0.4 is 0 Å². The Labute approximate surface area is 121 Å². The molecule has 1 saturated heterocycles. The van der Waals surface area contributed by atoms with Crippen molar-refractivity contribution in [2.75, 3.05) is 6.54 Å². The number of carboxylic acids is 1. The van der Waals surface area contributed by atoms with Gasteiger partial charge in [0.25, 0.3) is 0 Å². The van der Waals surface area contributed by atoms with E-state index in [4.69, 9.17) is 0 Å². The SMILES string of the molecule is CCc1ccc(C(C)N2CCCCC2(C)C(=O)O)cc1. The van der Waals surface area contributed by atoms with Crippen molar-refractivity contribution in [3.8, 4) is 0 Å². The molecular weight excluding hydrogens is 250 g/mol. The van der Waals surface area contributed by atoms with Gasteiger partial charge in [-0.15, -0.1) is 0 Å². The van der Waals surface area contributed by atoms with Crippen LogP contribution >= 0.6 is 0 Å². The van der Waals surface area contributed by atoms with Gasteiger partial charge in [-0.2, -0.15) is 0 Å². The summed E-state index contributed by atoms with van der Waals surface area (Å²) in [6.45, 7) is 6.99. The third kappa shape index (κ3) is 2.73. The third-order valence-electron chi connectivity index (χ3n) is 4.75. The molecule has 110 valence electrons. The molecule has 2 rings (SSSR count). The first-order valence-corrected chi connectivity index (χ1v) is 7.58. The van der Waals surface area contributed by atoms with E-state index in [1.54, 1.807) is 0 Å². The Bertz CT molecular complexity index is 468. The van der Waals surface area contributed by atoms with E-state index in [9.17, 15) is 9.90 Å². The van der Waals surface area contributed by atoms with Gasteiger partial charge in [-0.05, 0) is 57.2 Å². The highest BCUT2D eigenvalue weighted by Gasteiger charge is 2.43. The Hall–Kier alpha value is -1.35. The minimum Gasteiger partial charge on any atom is -0.480 e. The van der Waals surface area contributed by atoms with E-state index in [-0.39, 0.29) is 6.04 Å². The van der Waals surface area contributed by atoms with E-state index in [0.29, 0.717) is 0 Å². The van der Waals surface area contributed by atoms with E-state index < -0.39 is 11.5 Å². The van der Waals surface area contributed by atoms with Crippen LogP contribution in [0.4, 0.5) is 0 Å². The van der Waals surface area contributed by atoms with Gasteiger partial charge in [-0.25, -0.2) is 0 Å². The second kappa shape index (κ2) is 5.96. The number of hydrogen-bond acceptors (Lipinski definition) is 2. The zero-order valence-electron chi connectivity index (χ0n) is 12.7. The van der Waals surface area contributed by atoms with Gasteiger partial charge in [0.2, 0.25) is 0 Å². The van der Waals surface area contributed by atoms with Gasteiger partial charge in [0.15, 0.2) is 0 Å². The number of benzene rings is 1. The van der Waals surface area contributed by atoms with Crippen LogP contribution in [0, 0.1) is 0 Å². The summed E-state index contributed by atoms with van der Waals surface area (Å²) in [5, 5.41) is 9.60. The van der Waals surface area contributed by atoms with Crippen LogP contribution in [0.1, 0.15) is 57.2 Å². The number of likely N-dealkylation sites (tertiary alicyclic amines) is 1. The third-order valence-corrected chi connectivity index (χ3v) is 4.75. The Kier molecular flexibility index (Phi) is 4.48. The second-order valence-electron chi connectivity index (χ2n) is 6.00. The number of nitrogens with zero attached hydrogens (tertiary/aromatic N) is 1. The molecule has 20 heavy (non-hydrogen) atoms. The number of hydrogen-bond donors (Lipinski definition) is 1. The maximum absolute atomic E-state index is 11.7. The summed E-state index contributed by atoms with van der Waals surface area (Å²) in [6, 6.07) is 8.71. The van der Waals surface area contributed by atoms with E-state index >= 15 is 0 Å². The topological polar surface area (TPSA) is 40.5 Å². The van der Waals surface area contributed by atoms with Crippen molar-refractivity contribution in [1.82, 2.24) is 4.90 Å². The lowest BCUT2D eigenvalue weighted by atomic mass is 9.86. The number of rotatable bonds is 4. The summed E-state index contributed by atoms with van der Waals surface area (Å²) in [7, 11) is 0. The van der Waals surface area contributed by atoms with E-state index in [1.807, 2.05) is 6.92 Å². The average Bonchev–Trinajstić information content (AvgIpc) is 2.47. The van der Waals surface area contributed by atoms with Crippen LogP contribution in [-0.2, 0) is 11.2 Å². The molecule has 0 spiro atoms. The molecule has 1 heterocycles. The van der Waals surface area contributed by atoms with Crippen molar-refractivity contribution in [2.24, 2.45) is 0 Å². The van der Waals surface area contributed by atoms with Crippen molar-refractivity contribution >= 4 is 5.97 Å². The average molecular weight is 275 g/mol. The summed E-state index contributed by atoms with van der Waals surface area (Å²) in [5.41, 5.74) is 1.79. The highest BCUT2D eigenvalue weighted by Crippen LogP contribution is 2.35. The Morgan fingerprint density at radius 1 is 1.35 bits per heavy atom. The highest BCUT2D eigenvalue weighted by atomic mass is 16.4. The zero-order valence-corrected chi connectivity index (χ0v) is 12.7. The molecule has 0 bridgehead atoms. The normalized spacial score (nSPS) is 25.4. The summed E-state index contributed by atoms with van der Waals surface area (Å²) < 4.78 is 0. The first-order chi connectivity index (χ1) is 9.49. The lowest BCUT2D eigenvalue weighted by molar-refractivity contribution is -0.155. The molecule has 2 unspecified atom stereocenters. The Balaban J connectivity index is 2.24. The van der Waals surface area contributed by atoms with Crippen LogP contribution in [0.3, 0.4) is 0 Å². The summed E-state index contributed by atoms with van der Waals surface area (Å²) in [4.78, 5) is 13.8. The molecule has 1 aromatic rings. The van der Waals surface area contributed by atoms with Gasteiger partial charge in [-0.3, -0.25) is 9.69 Å². The molecule has 1 aromatic carbocycles. The van der Waals surface area contributed by atoms with Crippen LogP contribution in [0.2, 0.25) is 0 Å². The van der Waals surface area contributed by atoms with Crippen molar-refractivity contribution in [1.29, 1.82) is 0 Å². The van der Waals surface area contributed by atoms with Crippen LogP contribution in [0.15, 0.2) is 24.3 Å². The van der Waals surface area contributed by atoms with E-state index in [0.717, 1.165) is 32.2 Å². The molecule has 3 nitrogen and oxygen atoms in total. The first kappa shape index (κ1) is 15.0. The molecule has 0 aliphatic carbocycles. The molecule has 0 aromatic heterocycles. The molecule has 1 N–H and O–H groups in total. The Morgan fingerprint density at radius 2 is 2.00 bits per heavy atom. The Morgan fingerprint density at radius 3 is 2.55 bits per heavy atom. The minimum absolute atomic E-state index is 0.141. The minimum atomic E-state index is -0.735. The van der Waals surface area contributed by atoms with Gasteiger partial charge in [0.05, 0.1) is 0 Å². The number of aliphatic carboxylic acids is 1. The molecule has 0 amide bonds. The van der Waals surface area contributed by atoms with Gasteiger partial charge in [0.1, 0.15) is 5.54 Å². The quantitative estimate of drug-likeness (QED) is 0.912. The van der Waals surface area contributed by atoms with Crippen LogP contribution in [0.25, 0.3) is 0 Å². The fourth-order valence-electron chi connectivity index (χ4n) is 3.20. The summed E-state index contributed by atoms with van der Waals surface area (Å²) in [5.74, 6) is -0.700. The molecule has 3 heteroatoms. The largest absolute Gasteiger partial charge is 0.480 e. The fraction of sp³-hybridized carbons (Fsp3) is 0.588. The predicted octanol–water partition coefficient (Wildman–Crippen LogP) is 3.64. The number of carboxylic acid groups (broad SMARTS) is 1. The highest BCUT2D eigenvalue weighted by molar-refractivity contribution is 5.78. The fourth-order valence-corrected chi connectivity index (χ4v) is 3.20. The number of piperidine rings is 1. The standard InChI is InChI=1S/C17H25NO2/c1-4-14-7-9-15(10-8-14)13(2)18-12-6-5-11-17(18,3)16(19)20/h7-10,13H,4-6,11-12H2,1-3H3,(H,19,20). The molecular formula is C17H25NO2. The van der Waals surface area contributed by atoms with Crippen molar-refractivity contribution in [2.45, 2.75) is 58.0 Å². The van der Waals surface area contributed by atoms with Crippen molar-refractivity contribution < 1.29 is 9.90 Å². The molecule has 1 aliphatic rings. The summed E-state index contributed by atoms with van der Waals surface area (Å²) >= 11 is 0. The van der Waals surface area contributed by atoms with E-state index in [1.165, 1.54) is 11.1 Å². The van der Waals surface area contributed by atoms with Crippen molar-refractivity contribution in [3.63, 3.8) is 0 Å². The maximum atomic E-state index is 11.7. The molecule has 0 saturated carbocycles. The van der Waals surface area contributed by atoms with E-state index in [2.05, 4.69) is 43.0 Å². The van der Waals surface area contributed by atoms with Gasteiger partial charge in [0, 0.05) is 6.04 Å². The molecule has 1 fully saturated rings. The number of aryl methyl sites for hydroxylation is 1. The maximum Gasteiger partial charge on any atom is 0.323 e. The predicted molar refractivity (Wildman–Crippen MR) is 80.8 cm³/mol. The monoisotopic (exact) mass is 275 g/mol. The van der Waals surface area contributed by atoms with Crippen LogP contribution in [0.5, 0.6) is 0 Å². The summed E-state index contributed by atoms with van der Waals surface area (Å²) in [6.07, 6.45) is 3.85. The van der Waals surface area contributed by atoms with Gasteiger partial charge in [-0.1, -0.05) is 31.2 Å². The molecule has 1 aliphatic heterocycles. The lowest BCUT2D eigenvalue weighted by Crippen LogP contribution is -2.55. The lowest BCUT2D eigenvalue weighted by Gasteiger charge is -2.45. The number of carbonyl (C=O) groups is 1. The molecule has 0 radical (unpaired) electrons. The van der Waals surface area contributed by atoms with Crippen LogP contribution in [-0.4, -0.2) is 28.1 Å². The van der Waals surface area contributed by atoms with Gasteiger partial charge >= 0.3 is 5.97 Å². The zero-order chi connectivity index (χ0) is 14.8.